The van der Waals surface area contributed by atoms with Gasteiger partial charge in [0.2, 0.25) is 15.9 Å². The zero-order valence-electron chi connectivity index (χ0n) is 25.4. The number of nitrogens with one attached hydrogen (secondary N) is 3. The Morgan fingerprint density at radius 2 is 1.82 bits per heavy atom. The number of ether oxygens (including phenoxy) is 1. The Hall–Kier alpha value is -4.20. The molecule has 2 aromatic carbocycles. The van der Waals surface area contributed by atoms with Gasteiger partial charge in [0.25, 0.3) is 5.91 Å². The fraction of sp³-hybridized carbons (Fsp3) is 0.387. The van der Waals surface area contributed by atoms with E-state index >= 15 is 0 Å². The Balaban J connectivity index is 1.44. The van der Waals surface area contributed by atoms with Crippen LogP contribution in [0.5, 0.6) is 5.75 Å². The van der Waals surface area contributed by atoms with Gasteiger partial charge < -0.3 is 24.5 Å². The maximum atomic E-state index is 14.0. The molecule has 0 saturated carbocycles. The van der Waals surface area contributed by atoms with Crippen LogP contribution in [-0.2, 0) is 31.6 Å². The van der Waals surface area contributed by atoms with Gasteiger partial charge in [-0.3, -0.25) is 14.5 Å². The number of methoxy groups -OCH3 is 1. The number of hydrogen-bond donors (Lipinski definition) is 3. The quantitative estimate of drug-likeness (QED) is 0.221. The molecule has 2 amide bonds. The molecule has 0 bridgehead atoms. The zero-order valence-corrected chi connectivity index (χ0v) is 26.2. The van der Waals surface area contributed by atoms with E-state index in [1.807, 2.05) is 48.2 Å². The molecule has 1 saturated heterocycles. The van der Waals surface area contributed by atoms with Crippen molar-refractivity contribution in [2.75, 3.05) is 45.5 Å². The number of carbonyl (C=O) groups excluding carboxylic acids is 2. The first kappa shape index (κ1) is 31.2. The maximum absolute atomic E-state index is 14.0. The molecule has 5 rings (SSSR count). The number of nitrogens with zero attached hydrogens (tertiary/aromatic N) is 4. The second-order valence-corrected chi connectivity index (χ2v) is 13.2. The topological polar surface area (TPSA) is 142 Å². The Morgan fingerprint density at radius 1 is 1.11 bits per heavy atom. The summed E-state index contributed by atoms with van der Waals surface area (Å²) >= 11 is 0. The minimum atomic E-state index is -3.84. The maximum Gasteiger partial charge on any atom is 0.253 e. The third-order valence-electron chi connectivity index (χ3n) is 7.98. The molecule has 1 aliphatic rings. The lowest BCUT2D eigenvalue weighted by Crippen LogP contribution is -2.48. The Morgan fingerprint density at radius 3 is 2.50 bits per heavy atom. The largest absolute Gasteiger partial charge is 0.497 e. The van der Waals surface area contributed by atoms with E-state index in [0.717, 1.165) is 34.9 Å². The van der Waals surface area contributed by atoms with Crippen LogP contribution in [0, 0.1) is 0 Å². The van der Waals surface area contributed by atoms with Crippen molar-refractivity contribution in [1.29, 1.82) is 0 Å². The van der Waals surface area contributed by atoms with E-state index in [4.69, 9.17) is 4.74 Å². The zero-order chi connectivity index (χ0) is 31.5. The van der Waals surface area contributed by atoms with Crippen molar-refractivity contribution >= 4 is 38.6 Å². The first-order valence-electron chi connectivity index (χ1n) is 14.5. The number of fused-ring (bicyclic) bond motifs is 1. The number of imidazole rings is 1. The van der Waals surface area contributed by atoms with Gasteiger partial charge in [-0.2, -0.15) is 0 Å². The predicted molar refractivity (Wildman–Crippen MR) is 169 cm³/mol. The summed E-state index contributed by atoms with van der Waals surface area (Å²) in [5.41, 5.74) is 1.27. The number of aromatic amines is 1. The molecule has 2 atom stereocenters. The van der Waals surface area contributed by atoms with E-state index < -0.39 is 27.5 Å². The molecule has 1 aliphatic heterocycles. The first-order valence-corrected chi connectivity index (χ1v) is 16.1. The second kappa shape index (κ2) is 12.8. The Kier molecular flexibility index (Phi) is 9.09. The van der Waals surface area contributed by atoms with E-state index in [9.17, 15) is 18.0 Å². The van der Waals surface area contributed by atoms with Crippen LogP contribution in [0.1, 0.15) is 30.9 Å². The number of carbonyl (C=O) groups is 2. The summed E-state index contributed by atoms with van der Waals surface area (Å²) in [6.07, 6.45) is 6.89. The summed E-state index contributed by atoms with van der Waals surface area (Å²) in [5.74, 6) is -0.0667. The lowest BCUT2D eigenvalue weighted by Gasteiger charge is -2.34. The monoisotopic (exact) mass is 621 g/mol. The SMILES string of the molecule is COc1ccc(C(C)(C(=O)N2CCCC2)n2cnc(NC(=O)C(Cc3c[nH]c4ccccc34)NS(=O)(=O)CN(C)C)c2)cc1. The predicted octanol–water partition coefficient (Wildman–Crippen LogP) is 2.75. The number of aromatic nitrogens is 3. The summed E-state index contributed by atoms with van der Waals surface area (Å²) in [5, 5.41) is 3.68. The Labute approximate surface area is 257 Å². The van der Waals surface area contributed by atoms with E-state index in [1.165, 1.54) is 11.2 Å². The molecule has 234 valence electrons. The van der Waals surface area contributed by atoms with Crippen molar-refractivity contribution in [2.24, 2.45) is 0 Å². The molecule has 12 nitrogen and oxygen atoms in total. The molecule has 13 heteroatoms. The van der Waals surface area contributed by atoms with Crippen LogP contribution in [0.4, 0.5) is 5.82 Å². The number of H-pyrrole nitrogens is 1. The van der Waals surface area contributed by atoms with Gasteiger partial charge in [-0.15, -0.1) is 0 Å². The van der Waals surface area contributed by atoms with Crippen molar-refractivity contribution in [2.45, 2.75) is 37.8 Å². The average Bonchev–Trinajstić information content (AvgIpc) is 3.77. The highest BCUT2D eigenvalue weighted by Crippen LogP contribution is 2.32. The van der Waals surface area contributed by atoms with Crippen LogP contribution in [0.3, 0.4) is 0 Å². The van der Waals surface area contributed by atoms with E-state index in [1.54, 1.807) is 50.3 Å². The lowest BCUT2D eigenvalue weighted by atomic mass is 9.90. The van der Waals surface area contributed by atoms with Crippen LogP contribution in [0.15, 0.2) is 67.3 Å². The number of benzene rings is 2. The van der Waals surface area contributed by atoms with E-state index in [0.29, 0.717) is 18.8 Å². The van der Waals surface area contributed by atoms with Crippen LogP contribution in [-0.4, -0.2) is 90.8 Å². The molecule has 3 heterocycles. The van der Waals surface area contributed by atoms with Gasteiger partial charge >= 0.3 is 0 Å². The van der Waals surface area contributed by atoms with Gasteiger partial charge in [-0.25, -0.2) is 18.1 Å². The summed E-state index contributed by atoms with van der Waals surface area (Å²) in [6, 6.07) is 13.8. The van der Waals surface area contributed by atoms with Crippen molar-refractivity contribution in [3.8, 4) is 5.75 Å². The number of anilines is 1. The summed E-state index contributed by atoms with van der Waals surface area (Å²) in [4.78, 5) is 38.6. The van der Waals surface area contributed by atoms with Crippen molar-refractivity contribution in [1.82, 2.24) is 29.1 Å². The molecule has 0 aliphatic carbocycles. The fourth-order valence-corrected chi connectivity index (χ4v) is 7.05. The van der Waals surface area contributed by atoms with Crippen LogP contribution < -0.4 is 14.8 Å². The van der Waals surface area contributed by atoms with Gasteiger partial charge in [0.15, 0.2) is 5.82 Å². The minimum absolute atomic E-state index is 0.0795. The number of para-hydroxylation sites is 1. The molecular formula is C31H39N7O5S. The highest BCUT2D eigenvalue weighted by Gasteiger charge is 2.41. The van der Waals surface area contributed by atoms with Gasteiger partial charge in [-0.05, 0) is 69.6 Å². The number of likely N-dealkylation sites (tertiary alicyclic amines) is 1. The molecular weight excluding hydrogens is 582 g/mol. The Bertz CT molecular complexity index is 1730. The summed E-state index contributed by atoms with van der Waals surface area (Å²) < 4.78 is 35.4. The molecule has 4 aromatic rings. The molecule has 1 fully saturated rings. The minimum Gasteiger partial charge on any atom is -0.497 e. The van der Waals surface area contributed by atoms with Crippen molar-refractivity contribution in [3.05, 3.63) is 78.4 Å². The van der Waals surface area contributed by atoms with Gasteiger partial charge in [0.05, 0.1) is 13.4 Å². The molecule has 2 aromatic heterocycles. The number of rotatable bonds is 12. The van der Waals surface area contributed by atoms with E-state index in [-0.39, 0.29) is 24.0 Å². The van der Waals surface area contributed by atoms with Crippen LogP contribution in [0.25, 0.3) is 10.9 Å². The number of amides is 2. The molecule has 0 spiro atoms. The molecule has 0 radical (unpaired) electrons. The normalized spacial score (nSPS) is 15.8. The molecule has 44 heavy (non-hydrogen) atoms. The average molecular weight is 622 g/mol. The van der Waals surface area contributed by atoms with Gasteiger partial charge in [0.1, 0.15) is 23.2 Å². The third-order valence-corrected chi connectivity index (χ3v) is 9.48. The third kappa shape index (κ3) is 6.64. The lowest BCUT2D eigenvalue weighted by molar-refractivity contribution is -0.137. The summed E-state index contributed by atoms with van der Waals surface area (Å²) in [7, 11) is 1.03. The highest BCUT2D eigenvalue weighted by atomic mass is 32.2. The van der Waals surface area contributed by atoms with Crippen LogP contribution >= 0.6 is 0 Å². The standard InChI is InChI=1S/C31H39N7O5S/c1-31(30(40)37-15-7-8-16-37,23-11-13-24(43-4)14-12-23)38-19-28(33-20-38)34-29(39)27(35-44(41,42)21-36(2)3)17-22-18-32-26-10-6-5-9-25(22)26/h5-6,9-14,18-20,27,32,35H,7-8,15-17,21H2,1-4H3,(H,34,39). The number of sulfonamides is 1. The highest BCUT2D eigenvalue weighted by molar-refractivity contribution is 7.89. The fourth-order valence-electron chi connectivity index (χ4n) is 5.67. The molecule has 2 unspecified atom stereocenters. The van der Waals surface area contributed by atoms with Gasteiger partial charge in [-0.1, -0.05) is 30.3 Å². The second-order valence-electron chi connectivity index (χ2n) is 11.5. The van der Waals surface area contributed by atoms with E-state index in [2.05, 4.69) is 20.0 Å². The van der Waals surface area contributed by atoms with Crippen molar-refractivity contribution < 1.29 is 22.7 Å². The van der Waals surface area contributed by atoms with Gasteiger partial charge in [0, 0.05) is 36.4 Å². The summed E-state index contributed by atoms with van der Waals surface area (Å²) in [6.45, 7) is 3.18. The smallest absolute Gasteiger partial charge is 0.253 e. The van der Waals surface area contributed by atoms with Crippen molar-refractivity contribution in [3.63, 3.8) is 0 Å². The van der Waals surface area contributed by atoms with Crippen LogP contribution in [0.2, 0.25) is 0 Å². The first-order chi connectivity index (χ1) is 21.0. The number of hydrogen-bond acceptors (Lipinski definition) is 7. The molecule has 3 N–H and O–H groups in total.